The van der Waals surface area contributed by atoms with Gasteiger partial charge >= 0.3 is 0 Å². The second-order valence-electron chi connectivity index (χ2n) is 6.82. The molecule has 0 amide bonds. The smallest absolute Gasteiger partial charge is 0.0445 e. The molecule has 0 aliphatic heterocycles. The molecule has 0 rings (SSSR count). The molecule has 0 saturated carbocycles. The molecule has 1 radical (unpaired) electrons. The number of aliphatic hydroxyl groups excluding tert-OH is 1. The van der Waals surface area contributed by atoms with Gasteiger partial charge in [-0.1, -0.05) is 96.8 Å². The fourth-order valence-electron chi connectivity index (χ4n) is 2.94. The Morgan fingerprint density at radius 2 is 1.23 bits per heavy atom. The Kier molecular flexibility index (Phi) is 18.9. The molecule has 133 valence electrons. The first-order chi connectivity index (χ1) is 10.8. The number of unbranched alkanes of at least 4 members (excludes halogenated alkanes) is 14. The number of aliphatic hydroxyl groups is 1. The second-order valence-corrected chi connectivity index (χ2v) is 6.82. The summed E-state index contributed by atoms with van der Waals surface area (Å²) in [6.45, 7) is 2.49. The number of rotatable bonds is 18. The Hall–Kier alpha value is -0.0800. The van der Waals surface area contributed by atoms with Crippen molar-refractivity contribution < 1.29 is 5.11 Å². The van der Waals surface area contributed by atoms with Gasteiger partial charge in [0.2, 0.25) is 0 Å². The molecule has 0 spiro atoms. The van der Waals surface area contributed by atoms with Gasteiger partial charge in [-0.25, -0.2) is 0 Å². The summed E-state index contributed by atoms with van der Waals surface area (Å²) in [6.07, 6.45) is 23.5. The molecule has 0 aromatic heterocycles. The standard InChI is InChI=1S/C20H42NO/c1-2-3-4-5-6-7-8-9-10-11-12-13-14-15-16-17-20(21)18-19-22/h4,20,22H,2-3,5-19,21H2,1H3. The van der Waals surface area contributed by atoms with Crippen LogP contribution in [0.3, 0.4) is 0 Å². The molecule has 0 saturated heterocycles. The first-order valence-electron chi connectivity index (χ1n) is 9.99. The predicted octanol–water partition coefficient (Wildman–Crippen LogP) is 5.77. The largest absolute Gasteiger partial charge is 0.396 e. The summed E-state index contributed by atoms with van der Waals surface area (Å²) >= 11 is 0. The second kappa shape index (κ2) is 19.0. The van der Waals surface area contributed by atoms with Crippen molar-refractivity contribution in [1.29, 1.82) is 0 Å². The van der Waals surface area contributed by atoms with Gasteiger partial charge in [0.15, 0.2) is 0 Å². The SMILES string of the molecule is CCC[CH]CCCCCCCCCCCCCC(N)CCO. The zero-order chi connectivity index (χ0) is 16.3. The normalized spacial score (nSPS) is 12.7. The van der Waals surface area contributed by atoms with E-state index in [2.05, 4.69) is 13.3 Å². The zero-order valence-corrected chi connectivity index (χ0v) is 15.2. The fraction of sp³-hybridized carbons (Fsp3) is 0.950. The highest BCUT2D eigenvalue weighted by Crippen LogP contribution is 2.13. The summed E-state index contributed by atoms with van der Waals surface area (Å²) in [7, 11) is 0. The summed E-state index contributed by atoms with van der Waals surface area (Å²) < 4.78 is 0. The van der Waals surface area contributed by atoms with Crippen LogP contribution in [0, 0.1) is 6.42 Å². The third-order valence-corrected chi connectivity index (χ3v) is 4.48. The molecule has 0 aromatic rings. The quantitative estimate of drug-likeness (QED) is 0.315. The van der Waals surface area contributed by atoms with E-state index in [-0.39, 0.29) is 12.6 Å². The molecule has 0 fully saturated rings. The van der Waals surface area contributed by atoms with E-state index in [9.17, 15) is 0 Å². The summed E-state index contributed by atoms with van der Waals surface area (Å²) in [5.74, 6) is 0. The maximum atomic E-state index is 8.78. The number of hydrogen-bond donors (Lipinski definition) is 2. The minimum Gasteiger partial charge on any atom is -0.396 e. The van der Waals surface area contributed by atoms with Crippen LogP contribution in [0.1, 0.15) is 110 Å². The number of hydrogen-bond acceptors (Lipinski definition) is 2. The van der Waals surface area contributed by atoms with Gasteiger partial charge in [0.05, 0.1) is 0 Å². The Balaban J connectivity index is 3.00. The maximum Gasteiger partial charge on any atom is 0.0445 e. The van der Waals surface area contributed by atoms with Crippen LogP contribution >= 0.6 is 0 Å². The average molecular weight is 313 g/mol. The van der Waals surface area contributed by atoms with Gasteiger partial charge in [-0.05, 0) is 19.3 Å². The molecule has 22 heavy (non-hydrogen) atoms. The van der Waals surface area contributed by atoms with Crippen LogP contribution < -0.4 is 5.73 Å². The van der Waals surface area contributed by atoms with E-state index >= 15 is 0 Å². The van der Waals surface area contributed by atoms with Crippen molar-refractivity contribution >= 4 is 0 Å². The molecule has 1 unspecified atom stereocenters. The summed E-state index contributed by atoms with van der Waals surface area (Å²) in [5, 5.41) is 8.78. The van der Waals surface area contributed by atoms with Gasteiger partial charge in [-0.2, -0.15) is 0 Å². The maximum absolute atomic E-state index is 8.78. The van der Waals surface area contributed by atoms with E-state index < -0.39 is 0 Å². The lowest BCUT2D eigenvalue weighted by Gasteiger charge is -2.09. The van der Waals surface area contributed by atoms with E-state index in [4.69, 9.17) is 10.8 Å². The van der Waals surface area contributed by atoms with Crippen molar-refractivity contribution in [3.05, 3.63) is 6.42 Å². The molecule has 0 aromatic carbocycles. The minimum atomic E-state index is 0.213. The Bertz CT molecular complexity index is 196. The zero-order valence-electron chi connectivity index (χ0n) is 15.2. The average Bonchev–Trinajstić information content (AvgIpc) is 2.51. The lowest BCUT2D eigenvalue weighted by Crippen LogP contribution is -2.20. The molecule has 0 aliphatic carbocycles. The van der Waals surface area contributed by atoms with Crippen LogP contribution in [0.4, 0.5) is 0 Å². The van der Waals surface area contributed by atoms with Crippen LogP contribution in [0.25, 0.3) is 0 Å². The predicted molar refractivity (Wildman–Crippen MR) is 98.9 cm³/mol. The monoisotopic (exact) mass is 312 g/mol. The van der Waals surface area contributed by atoms with E-state index in [0.717, 1.165) is 12.8 Å². The van der Waals surface area contributed by atoms with Gasteiger partial charge in [-0.3, -0.25) is 0 Å². The van der Waals surface area contributed by atoms with Crippen LogP contribution in [-0.4, -0.2) is 17.8 Å². The molecule has 1 atom stereocenters. The van der Waals surface area contributed by atoms with Crippen LogP contribution in [0.15, 0.2) is 0 Å². The Morgan fingerprint density at radius 3 is 1.73 bits per heavy atom. The van der Waals surface area contributed by atoms with Crippen molar-refractivity contribution in [2.75, 3.05) is 6.61 Å². The van der Waals surface area contributed by atoms with Crippen molar-refractivity contribution in [3.8, 4) is 0 Å². The molecule has 0 heterocycles. The van der Waals surface area contributed by atoms with Crippen molar-refractivity contribution in [3.63, 3.8) is 0 Å². The molecule has 3 N–H and O–H groups in total. The van der Waals surface area contributed by atoms with Gasteiger partial charge < -0.3 is 10.8 Å². The summed E-state index contributed by atoms with van der Waals surface area (Å²) in [4.78, 5) is 0. The third kappa shape index (κ3) is 18.0. The van der Waals surface area contributed by atoms with Gasteiger partial charge in [0, 0.05) is 12.6 Å². The minimum absolute atomic E-state index is 0.213. The Morgan fingerprint density at radius 1 is 0.727 bits per heavy atom. The van der Waals surface area contributed by atoms with E-state index in [0.29, 0.717) is 0 Å². The molecule has 0 bridgehead atoms. The Labute approximate surface area is 140 Å². The van der Waals surface area contributed by atoms with Gasteiger partial charge in [0.25, 0.3) is 0 Å². The van der Waals surface area contributed by atoms with E-state index in [1.54, 1.807) is 0 Å². The highest BCUT2D eigenvalue weighted by molar-refractivity contribution is 4.63. The summed E-state index contributed by atoms with van der Waals surface area (Å²) in [5.41, 5.74) is 5.88. The van der Waals surface area contributed by atoms with Crippen LogP contribution in [0.2, 0.25) is 0 Å². The van der Waals surface area contributed by atoms with Gasteiger partial charge in [-0.15, -0.1) is 0 Å². The highest BCUT2D eigenvalue weighted by atomic mass is 16.3. The molecular formula is C20H42NO. The lowest BCUT2D eigenvalue weighted by molar-refractivity contribution is 0.271. The van der Waals surface area contributed by atoms with Crippen molar-refractivity contribution in [2.45, 2.75) is 116 Å². The van der Waals surface area contributed by atoms with E-state index in [1.807, 2.05) is 0 Å². The first-order valence-corrected chi connectivity index (χ1v) is 9.99. The first kappa shape index (κ1) is 21.9. The third-order valence-electron chi connectivity index (χ3n) is 4.48. The topological polar surface area (TPSA) is 46.2 Å². The molecular weight excluding hydrogens is 270 g/mol. The van der Waals surface area contributed by atoms with E-state index in [1.165, 1.54) is 89.9 Å². The summed E-state index contributed by atoms with van der Waals surface area (Å²) in [6, 6.07) is 0.213. The molecule has 2 nitrogen and oxygen atoms in total. The lowest BCUT2D eigenvalue weighted by atomic mass is 10.0. The fourth-order valence-corrected chi connectivity index (χ4v) is 2.94. The van der Waals surface area contributed by atoms with Crippen LogP contribution in [-0.2, 0) is 0 Å². The highest BCUT2D eigenvalue weighted by Gasteiger charge is 2.00. The molecule has 2 heteroatoms. The number of nitrogens with two attached hydrogens (primary N) is 1. The van der Waals surface area contributed by atoms with Crippen molar-refractivity contribution in [2.24, 2.45) is 5.73 Å². The van der Waals surface area contributed by atoms with Crippen molar-refractivity contribution in [1.82, 2.24) is 0 Å². The molecule has 0 aliphatic rings. The van der Waals surface area contributed by atoms with Gasteiger partial charge in [0.1, 0.15) is 0 Å². The van der Waals surface area contributed by atoms with Crippen LogP contribution in [0.5, 0.6) is 0 Å².